The fourth-order valence-corrected chi connectivity index (χ4v) is 2.17. The number of aromatic carboxylic acids is 1. The monoisotopic (exact) mass is 270 g/mol. The third-order valence-electron chi connectivity index (χ3n) is 3.31. The van der Waals surface area contributed by atoms with E-state index in [0.29, 0.717) is 12.2 Å². The van der Waals surface area contributed by atoms with E-state index in [1.165, 1.54) is 17.2 Å². The van der Waals surface area contributed by atoms with E-state index in [1.54, 1.807) is 12.1 Å². The third-order valence-corrected chi connectivity index (χ3v) is 3.31. The fourth-order valence-electron chi connectivity index (χ4n) is 2.17. The molecule has 0 aliphatic rings. The zero-order valence-corrected chi connectivity index (χ0v) is 11.4. The first-order chi connectivity index (χ1) is 9.63. The number of para-hydroxylation sites is 1. The highest BCUT2D eigenvalue weighted by Crippen LogP contribution is 2.23. The summed E-state index contributed by atoms with van der Waals surface area (Å²) in [5.41, 5.74) is 9.38. The Kier molecular flexibility index (Phi) is 4.25. The summed E-state index contributed by atoms with van der Waals surface area (Å²) in [6, 6.07) is 13.1. The van der Waals surface area contributed by atoms with Crippen LogP contribution in [0.3, 0.4) is 0 Å². The molecule has 0 saturated carbocycles. The number of benzene rings is 2. The summed E-state index contributed by atoms with van der Waals surface area (Å²) >= 11 is 0. The molecule has 2 aromatic rings. The highest BCUT2D eigenvalue weighted by Gasteiger charge is 2.10. The Hall–Kier alpha value is -2.49. The molecular formula is C16H18N2O2. The van der Waals surface area contributed by atoms with Gasteiger partial charge in [0.1, 0.15) is 0 Å². The van der Waals surface area contributed by atoms with Gasteiger partial charge in [-0.3, -0.25) is 0 Å². The minimum Gasteiger partial charge on any atom is -0.478 e. The van der Waals surface area contributed by atoms with Crippen LogP contribution in [0.15, 0.2) is 42.5 Å². The zero-order chi connectivity index (χ0) is 14.5. The van der Waals surface area contributed by atoms with Gasteiger partial charge in [0.15, 0.2) is 0 Å². The summed E-state index contributed by atoms with van der Waals surface area (Å²) in [6.07, 6.45) is 0.961. The Morgan fingerprint density at radius 1 is 1.15 bits per heavy atom. The quantitative estimate of drug-likeness (QED) is 0.730. The summed E-state index contributed by atoms with van der Waals surface area (Å²) in [6.45, 7) is 2.73. The zero-order valence-electron chi connectivity index (χ0n) is 11.4. The number of carboxylic acid groups (broad SMARTS) is 1. The Balaban J connectivity index is 2.19. The molecule has 0 bridgehead atoms. The molecular weight excluding hydrogens is 252 g/mol. The second-order valence-electron chi connectivity index (χ2n) is 4.55. The van der Waals surface area contributed by atoms with E-state index >= 15 is 0 Å². The van der Waals surface area contributed by atoms with E-state index in [9.17, 15) is 4.79 Å². The molecule has 20 heavy (non-hydrogen) atoms. The smallest absolute Gasteiger partial charge is 0.337 e. The largest absolute Gasteiger partial charge is 0.478 e. The third kappa shape index (κ3) is 2.91. The maximum absolute atomic E-state index is 11.0. The lowest BCUT2D eigenvalue weighted by atomic mass is 10.1. The number of nitrogens with one attached hydrogen (secondary N) is 1. The number of carboxylic acids is 1. The maximum atomic E-state index is 11.0. The number of rotatable bonds is 5. The molecule has 0 aliphatic carbocycles. The van der Waals surface area contributed by atoms with Crippen molar-refractivity contribution in [3.8, 4) is 0 Å². The lowest BCUT2D eigenvalue weighted by Crippen LogP contribution is -2.08. The topological polar surface area (TPSA) is 75.3 Å². The minimum absolute atomic E-state index is 0.124. The second-order valence-corrected chi connectivity index (χ2v) is 4.55. The van der Waals surface area contributed by atoms with Gasteiger partial charge in [0.2, 0.25) is 0 Å². The molecule has 0 spiro atoms. The van der Waals surface area contributed by atoms with E-state index in [0.717, 1.165) is 6.42 Å². The average molecular weight is 270 g/mol. The molecule has 0 aliphatic heterocycles. The van der Waals surface area contributed by atoms with Gasteiger partial charge in [0.05, 0.1) is 16.9 Å². The predicted octanol–water partition coefficient (Wildman–Crippen LogP) is 3.14. The lowest BCUT2D eigenvalue weighted by molar-refractivity contribution is 0.0698. The van der Waals surface area contributed by atoms with Crippen molar-refractivity contribution in [1.29, 1.82) is 0 Å². The second kappa shape index (κ2) is 6.10. The van der Waals surface area contributed by atoms with E-state index in [1.807, 2.05) is 12.1 Å². The van der Waals surface area contributed by atoms with Crippen LogP contribution in [0.25, 0.3) is 0 Å². The fraction of sp³-hybridized carbons (Fsp3) is 0.188. The van der Waals surface area contributed by atoms with E-state index in [-0.39, 0.29) is 11.3 Å². The van der Waals surface area contributed by atoms with Crippen LogP contribution in [-0.2, 0) is 13.0 Å². The van der Waals surface area contributed by atoms with Gasteiger partial charge in [0, 0.05) is 6.54 Å². The Labute approximate surface area is 118 Å². The van der Waals surface area contributed by atoms with E-state index in [2.05, 4.69) is 24.4 Å². The summed E-state index contributed by atoms with van der Waals surface area (Å²) in [4.78, 5) is 11.0. The standard InChI is InChI=1S/C16H18N2O2/c1-2-11-6-3-4-7-12(11)10-18-14-9-5-8-13(15(14)17)16(19)20/h3-9,18H,2,10,17H2,1H3,(H,19,20). The van der Waals surface area contributed by atoms with Crippen LogP contribution < -0.4 is 11.1 Å². The van der Waals surface area contributed by atoms with Crippen LogP contribution >= 0.6 is 0 Å². The van der Waals surface area contributed by atoms with Gasteiger partial charge < -0.3 is 16.2 Å². The number of nitrogen functional groups attached to an aromatic ring is 1. The van der Waals surface area contributed by atoms with Crippen molar-refractivity contribution in [1.82, 2.24) is 0 Å². The molecule has 4 N–H and O–H groups in total. The summed E-state index contributed by atoms with van der Waals surface area (Å²) < 4.78 is 0. The molecule has 104 valence electrons. The average Bonchev–Trinajstić information content (AvgIpc) is 2.46. The molecule has 0 unspecified atom stereocenters. The van der Waals surface area contributed by atoms with Gasteiger partial charge in [-0.05, 0) is 29.7 Å². The van der Waals surface area contributed by atoms with Crippen molar-refractivity contribution >= 4 is 17.3 Å². The van der Waals surface area contributed by atoms with Crippen LogP contribution in [0.5, 0.6) is 0 Å². The van der Waals surface area contributed by atoms with Gasteiger partial charge in [-0.25, -0.2) is 4.79 Å². The van der Waals surface area contributed by atoms with Crippen molar-refractivity contribution in [2.45, 2.75) is 19.9 Å². The number of hydrogen-bond acceptors (Lipinski definition) is 3. The molecule has 0 radical (unpaired) electrons. The van der Waals surface area contributed by atoms with Crippen molar-refractivity contribution in [2.75, 3.05) is 11.1 Å². The molecule has 4 nitrogen and oxygen atoms in total. The van der Waals surface area contributed by atoms with Crippen molar-refractivity contribution in [2.24, 2.45) is 0 Å². The van der Waals surface area contributed by atoms with Crippen molar-refractivity contribution < 1.29 is 9.90 Å². The Morgan fingerprint density at radius 3 is 2.50 bits per heavy atom. The number of carbonyl (C=O) groups is 1. The summed E-state index contributed by atoms with van der Waals surface area (Å²) in [7, 11) is 0. The van der Waals surface area contributed by atoms with Crippen LogP contribution in [0.4, 0.5) is 11.4 Å². The molecule has 0 fully saturated rings. The summed E-state index contributed by atoms with van der Waals surface area (Å²) in [5.74, 6) is -1.01. The number of anilines is 2. The van der Waals surface area contributed by atoms with Gasteiger partial charge in [-0.1, -0.05) is 37.3 Å². The normalized spacial score (nSPS) is 10.2. The number of aryl methyl sites for hydroxylation is 1. The van der Waals surface area contributed by atoms with Crippen LogP contribution in [-0.4, -0.2) is 11.1 Å². The Bertz CT molecular complexity index is 624. The minimum atomic E-state index is -1.01. The van der Waals surface area contributed by atoms with Gasteiger partial charge in [-0.2, -0.15) is 0 Å². The molecule has 4 heteroatoms. The Morgan fingerprint density at radius 2 is 1.85 bits per heavy atom. The molecule has 0 amide bonds. The van der Waals surface area contributed by atoms with Gasteiger partial charge >= 0.3 is 5.97 Å². The lowest BCUT2D eigenvalue weighted by Gasteiger charge is -2.13. The highest BCUT2D eigenvalue weighted by molar-refractivity contribution is 5.97. The first-order valence-electron chi connectivity index (χ1n) is 6.56. The van der Waals surface area contributed by atoms with E-state index in [4.69, 9.17) is 10.8 Å². The first kappa shape index (κ1) is 13.9. The van der Waals surface area contributed by atoms with E-state index < -0.39 is 5.97 Å². The maximum Gasteiger partial charge on any atom is 0.337 e. The number of nitrogens with two attached hydrogens (primary N) is 1. The van der Waals surface area contributed by atoms with Crippen molar-refractivity contribution in [3.05, 3.63) is 59.2 Å². The van der Waals surface area contributed by atoms with Crippen LogP contribution in [0, 0.1) is 0 Å². The molecule has 2 aromatic carbocycles. The van der Waals surface area contributed by atoms with Crippen molar-refractivity contribution in [3.63, 3.8) is 0 Å². The van der Waals surface area contributed by atoms with Crippen LogP contribution in [0.1, 0.15) is 28.4 Å². The molecule has 2 rings (SSSR count). The molecule has 0 atom stereocenters. The van der Waals surface area contributed by atoms with Gasteiger partial charge in [0.25, 0.3) is 0 Å². The molecule has 0 aromatic heterocycles. The SMILES string of the molecule is CCc1ccccc1CNc1cccc(C(=O)O)c1N. The molecule has 0 heterocycles. The van der Waals surface area contributed by atoms with Gasteiger partial charge in [-0.15, -0.1) is 0 Å². The van der Waals surface area contributed by atoms with Crippen LogP contribution in [0.2, 0.25) is 0 Å². The highest BCUT2D eigenvalue weighted by atomic mass is 16.4. The number of hydrogen-bond donors (Lipinski definition) is 3. The summed E-state index contributed by atoms with van der Waals surface area (Å²) in [5, 5.41) is 12.3. The molecule has 0 saturated heterocycles. The predicted molar refractivity (Wildman–Crippen MR) is 81.0 cm³/mol. The first-order valence-corrected chi connectivity index (χ1v) is 6.56.